The number of hydrogen-bond donors (Lipinski definition) is 2. The summed E-state index contributed by atoms with van der Waals surface area (Å²) in [7, 11) is 0. The summed E-state index contributed by atoms with van der Waals surface area (Å²) in [6.45, 7) is 3.97. The lowest BCUT2D eigenvalue weighted by Crippen LogP contribution is -2.48. The number of hydrogen-bond acceptors (Lipinski definition) is 4. The van der Waals surface area contributed by atoms with E-state index in [1.807, 2.05) is 25.1 Å². The number of nitrogens with zero attached hydrogens (tertiary/aromatic N) is 1. The third kappa shape index (κ3) is 4.27. The number of carbonyl (C=O) groups excluding carboxylic acids is 1. The van der Waals surface area contributed by atoms with Gasteiger partial charge in [0.2, 0.25) is 5.91 Å². The molecule has 1 heterocycles. The van der Waals surface area contributed by atoms with Crippen molar-refractivity contribution in [2.75, 3.05) is 31.6 Å². The Morgan fingerprint density at radius 2 is 2.00 bits per heavy atom. The number of aryl methyl sites for hydroxylation is 1. The molecule has 21 heavy (non-hydrogen) atoms. The molecule has 2 N–H and O–H groups in total. The minimum atomic E-state index is -0.975. The Kier molecular flexibility index (Phi) is 5.30. The Bertz CT molecular complexity index is 512. The lowest BCUT2D eigenvalue weighted by molar-refractivity contribution is -0.147. The highest BCUT2D eigenvalue weighted by Crippen LogP contribution is 2.15. The van der Waals surface area contributed by atoms with Gasteiger partial charge < -0.3 is 15.2 Å². The number of benzene rings is 1. The molecule has 1 aromatic rings. The third-order valence-electron chi connectivity index (χ3n) is 3.57. The van der Waals surface area contributed by atoms with Crippen molar-refractivity contribution in [3.63, 3.8) is 0 Å². The van der Waals surface area contributed by atoms with Gasteiger partial charge in [-0.15, -0.1) is 0 Å². The summed E-state index contributed by atoms with van der Waals surface area (Å²) in [6.07, 6.45) is -0.0658. The highest BCUT2D eigenvalue weighted by atomic mass is 16.5. The predicted octanol–water partition coefficient (Wildman–Crippen LogP) is 1.11. The summed E-state index contributed by atoms with van der Waals surface area (Å²) >= 11 is 0. The molecule has 1 aromatic carbocycles. The van der Waals surface area contributed by atoms with Crippen molar-refractivity contribution in [3.8, 4) is 0 Å². The van der Waals surface area contributed by atoms with Gasteiger partial charge >= 0.3 is 5.97 Å². The maximum Gasteiger partial charge on any atom is 0.321 e. The number of rotatable bonds is 5. The summed E-state index contributed by atoms with van der Waals surface area (Å²) in [4.78, 5) is 25.3. The van der Waals surface area contributed by atoms with E-state index in [0.29, 0.717) is 32.0 Å². The van der Waals surface area contributed by atoms with Crippen molar-refractivity contribution in [1.82, 2.24) is 4.90 Å². The number of nitrogens with one attached hydrogen (secondary N) is 1. The molecule has 0 saturated carbocycles. The molecule has 0 aliphatic carbocycles. The zero-order chi connectivity index (χ0) is 15.2. The first-order valence-electron chi connectivity index (χ1n) is 6.98. The first kappa shape index (κ1) is 15.5. The lowest BCUT2D eigenvalue weighted by atomic mass is 10.1. The van der Waals surface area contributed by atoms with E-state index < -0.39 is 12.0 Å². The predicted molar refractivity (Wildman–Crippen MR) is 78.2 cm³/mol. The highest BCUT2D eigenvalue weighted by molar-refractivity contribution is 5.94. The molecule has 6 heteroatoms. The first-order chi connectivity index (χ1) is 10.1. The Labute approximate surface area is 123 Å². The molecular weight excluding hydrogens is 272 g/mol. The van der Waals surface area contributed by atoms with Crippen LogP contribution in [0, 0.1) is 6.92 Å². The molecule has 0 spiro atoms. The Balaban J connectivity index is 1.98. The minimum Gasteiger partial charge on any atom is -0.480 e. The van der Waals surface area contributed by atoms with Crippen LogP contribution in [-0.2, 0) is 14.3 Å². The lowest BCUT2D eigenvalue weighted by Gasteiger charge is -2.31. The van der Waals surface area contributed by atoms with Crippen molar-refractivity contribution in [2.24, 2.45) is 0 Å². The molecule has 0 unspecified atom stereocenters. The second-order valence-corrected chi connectivity index (χ2v) is 5.07. The van der Waals surface area contributed by atoms with Gasteiger partial charge in [0.25, 0.3) is 0 Å². The van der Waals surface area contributed by atoms with Crippen LogP contribution in [0.5, 0.6) is 0 Å². The summed E-state index contributed by atoms with van der Waals surface area (Å²) in [5, 5.41) is 12.1. The monoisotopic (exact) mass is 292 g/mol. The van der Waals surface area contributed by atoms with Crippen molar-refractivity contribution in [3.05, 3.63) is 29.8 Å². The second kappa shape index (κ2) is 7.19. The number of anilines is 1. The van der Waals surface area contributed by atoms with Gasteiger partial charge in [0.05, 0.1) is 19.6 Å². The first-order valence-corrected chi connectivity index (χ1v) is 6.98. The van der Waals surface area contributed by atoms with Crippen LogP contribution < -0.4 is 5.32 Å². The summed E-state index contributed by atoms with van der Waals surface area (Å²) in [6, 6.07) is 6.61. The van der Waals surface area contributed by atoms with Gasteiger partial charge in [0, 0.05) is 18.8 Å². The molecule has 2 rings (SSSR count). The molecule has 0 bridgehead atoms. The number of ether oxygens (including phenoxy) is 1. The van der Waals surface area contributed by atoms with Crippen LogP contribution in [0.15, 0.2) is 24.3 Å². The maximum absolute atomic E-state index is 12.1. The Morgan fingerprint density at radius 1 is 1.33 bits per heavy atom. The van der Waals surface area contributed by atoms with Crippen LogP contribution in [0.2, 0.25) is 0 Å². The maximum atomic E-state index is 12.1. The quantitative estimate of drug-likeness (QED) is 0.850. The number of carboxylic acids is 1. The number of aliphatic carboxylic acids is 1. The van der Waals surface area contributed by atoms with Crippen molar-refractivity contribution >= 4 is 17.6 Å². The van der Waals surface area contributed by atoms with Gasteiger partial charge in [0.1, 0.15) is 6.04 Å². The molecule has 6 nitrogen and oxygen atoms in total. The van der Waals surface area contributed by atoms with E-state index in [0.717, 1.165) is 5.56 Å². The van der Waals surface area contributed by atoms with Crippen LogP contribution in [0.25, 0.3) is 0 Å². The van der Waals surface area contributed by atoms with Crippen molar-refractivity contribution in [1.29, 1.82) is 0 Å². The molecule has 1 amide bonds. The van der Waals surface area contributed by atoms with E-state index >= 15 is 0 Å². The molecule has 0 radical (unpaired) electrons. The molecule has 1 saturated heterocycles. The van der Waals surface area contributed by atoms with Gasteiger partial charge in [-0.05, 0) is 18.6 Å². The Hall–Kier alpha value is -1.92. The number of morpholine rings is 1. The summed E-state index contributed by atoms with van der Waals surface area (Å²) < 4.78 is 5.21. The van der Waals surface area contributed by atoms with Gasteiger partial charge in [-0.25, -0.2) is 0 Å². The van der Waals surface area contributed by atoms with Crippen LogP contribution in [0.4, 0.5) is 5.69 Å². The van der Waals surface area contributed by atoms with Gasteiger partial charge in [-0.2, -0.15) is 0 Å². The zero-order valence-corrected chi connectivity index (χ0v) is 12.0. The average Bonchev–Trinajstić information content (AvgIpc) is 2.48. The summed E-state index contributed by atoms with van der Waals surface area (Å²) in [5.74, 6) is -1.26. The Morgan fingerprint density at radius 3 is 2.62 bits per heavy atom. The second-order valence-electron chi connectivity index (χ2n) is 5.07. The topological polar surface area (TPSA) is 78.9 Å². The molecule has 114 valence electrons. The molecule has 1 atom stereocenters. The molecule has 1 fully saturated rings. The van der Waals surface area contributed by atoms with Gasteiger partial charge in [-0.1, -0.05) is 18.2 Å². The SMILES string of the molecule is Cc1ccccc1NC(=O)C[C@@H](C(=O)O)N1CCOCC1. The number of carbonyl (C=O) groups is 2. The van der Waals surface area contributed by atoms with E-state index in [-0.39, 0.29) is 12.3 Å². The largest absolute Gasteiger partial charge is 0.480 e. The van der Waals surface area contributed by atoms with Crippen molar-refractivity contribution < 1.29 is 19.4 Å². The average molecular weight is 292 g/mol. The number of amides is 1. The molecule has 1 aliphatic heterocycles. The standard InChI is InChI=1S/C15H20N2O4/c1-11-4-2-3-5-12(11)16-14(18)10-13(15(19)20)17-6-8-21-9-7-17/h2-5,13H,6-10H2,1H3,(H,16,18)(H,19,20)/t13-/m0/s1. The highest BCUT2D eigenvalue weighted by Gasteiger charge is 2.29. The van der Waals surface area contributed by atoms with Gasteiger partial charge in [0.15, 0.2) is 0 Å². The van der Waals surface area contributed by atoms with E-state index in [2.05, 4.69) is 5.32 Å². The van der Waals surface area contributed by atoms with E-state index in [9.17, 15) is 14.7 Å². The molecular formula is C15H20N2O4. The van der Waals surface area contributed by atoms with Crippen LogP contribution >= 0.6 is 0 Å². The zero-order valence-electron chi connectivity index (χ0n) is 12.0. The van der Waals surface area contributed by atoms with Crippen LogP contribution in [-0.4, -0.2) is 54.2 Å². The fourth-order valence-electron chi connectivity index (χ4n) is 2.35. The summed E-state index contributed by atoms with van der Waals surface area (Å²) in [5.41, 5.74) is 1.66. The van der Waals surface area contributed by atoms with E-state index in [4.69, 9.17) is 4.74 Å². The minimum absolute atomic E-state index is 0.0658. The third-order valence-corrected chi connectivity index (χ3v) is 3.57. The van der Waals surface area contributed by atoms with Crippen molar-refractivity contribution in [2.45, 2.75) is 19.4 Å². The smallest absolute Gasteiger partial charge is 0.321 e. The van der Waals surface area contributed by atoms with Crippen LogP contribution in [0.1, 0.15) is 12.0 Å². The number of para-hydroxylation sites is 1. The van der Waals surface area contributed by atoms with Crippen LogP contribution in [0.3, 0.4) is 0 Å². The normalized spacial score (nSPS) is 17.2. The fourth-order valence-corrected chi connectivity index (χ4v) is 2.35. The van der Waals surface area contributed by atoms with E-state index in [1.54, 1.807) is 11.0 Å². The number of carboxylic acid groups (broad SMARTS) is 1. The molecule has 0 aromatic heterocycles. The fraction of sp³-hybridized carbons (Fsp3) is 0.467. The molecule has 1 aliphatic rings. The van der Waals surface area contributed by atoms with Gasteiger partial charge in [-0.3, -0.25) is 14.5 Å². The van der Waals surface area contributed by atoms with E-state index in [1.165, 1.54) is 0 Å².